The lowest BCUT2D eigenvalue weighted by Crippen LogP contribution is -2.30. The van der Waals surface area contributed by atoms with E-state index in [0.717, 1.165) is 102 Å². The SMILES string of the molecule is CCCCCCCCCCCCCCCCCCC(=O)OC[C@H](COP(=O)(O)OC[C@@H](O)COP(=O)(O)OC[C@@H](COC(=O)CCCCCCCCCCCCCC)OC(=O)CCCCCCCCCCCCC(C)CC)OC(=O)CCCCCCCCCCCCCCCCCC(C)C. The van der Waals surface area contributed by atoms with Gasteiger partial charge in [0.05, 0.1) is 26.4 Å². The zero-order valence-corrected chi connectivity index (χ0v) is 67.3. The molecular formula is C81H158O17P2. The van der Waals surface area contributed by atoms with Gasteiger partial charge in [0, 0.05) is 25.7 Å². The number of rotatable bonds is 80. The molecule has 0 aromatic heterocycles. The maximum absolute atomic E-state index is 13.1. The fourth-order valence-corrected chi connectivity index (χ4v) is 14.1. The van der Waals surface area contributed by atoms with Crippen molar-refractivity contribution in [2.45, 2.75) is 445 Å². The van der Waals surface area contributed by atoms with Crippen molar-refractivity contribution in [1.29, 1.82) is 0 Å². The minimum atomic E-state index is -4.96. The summed E-state index contributed by atoms with van der Waals surface area (Å²) in [5.74, 6) is -0.500. The van der Waals surface area contributed by atoms with E-state index in [4.69, 9.17) is 37.0 Å². The first-order chi connectivity index (χ1) is 48.4. The Labute approximate surface area is 613 Å². The molecule has 0 aromatic rings. The van der Waals surface area contributed by atoms with Crippen LogP contribution in [0.15, 0.2) is 0 Å². The molecule has 0 fully saturated rings. The van der Waals surface area contributed by atoms with Gasteiger partial charge < -0.3 is 33.8 Å². The van der Waals surface area contributed by atoms with Crippen molar-refractivity contribution >= 4 is 39.5 Å². The molecule has 19 heteroatoms. The van der Waals surface area contributed by atoms with Crippen molar-refractivity contribution in [2.75, 3.05) is 39.6 Å². The van der Waals surface area contributed by atoms with Crippen molar-refractivity contribution in [2.24, 2.45) is 11.8 Å². The number of unbranched alkanes of at least 4 members (excludes halogenated alkanes) is 49. The quantitative estimate of drug-likeness (QED) is 0.0222. The van der Waals surface area contributed by atoms with Crippen molar-refractivity contribution in [3.63, 3.8) is 0 Å². The average molecular weight is 1470 g/mol. The first-order valence-corrected chi connectivity index (χ1v) is 45.0. The van der Waals surface area contributed by atoms with Gasteiger partial charge in [0.25, 0.3) is 0 Å². The van der Waals surface area contributed by atoms with E-state index < -0.39 is 97.5 Å². The second-order valence-electron chi connectivity index (χ2n) is 29.9. The highest BCUT2D eigenvalue weighted by atomic mass is 31.2. The van der Waals surface area contributed by atoms with Gasteiger partial charge in [-0.2, -0.15) is 0 Å². The molecule has 0 saturated heterocycles. The zero-order chi connectivity index (χ0) is 73.5. The summed E-state index contributed by atoms with van der Waals surface area (Å²) in [6.45, 7) is 9.69. The number of phosphoric ester groups is 2. The van der Waals surface area contributed by atoms with Gasteiger partial charge in [0.2, 0.25) is 0 Å². The van der Waals surface area contributed by atoms with Crippen LogP contribution in [-0.2, 0) is 65.4 Å². The van der Waals surface area contributed by atoms with Gasteiger partial charge in [-0.15, -0.1) is 0 Å². The Morgan fingerprint density at radius 1 is 0.290 bits per heavy atom. The fourth-order valence-electron chi connectivity index (χ4n) is 12.5. The van der Waals surface area contributed by atoms with E-state index in [-0.39, 0.29) is 25.7 Å². The van der Waals surface area contributed by atoms with Crippen LogP contribution in [0.5, 0.6) is 0 Å². The number of carbonyl (C=O) groups is 4. The van der Waals surface area contributed by atoms with E-state index in [2.05, 4.69) is 41.5 Å². The molecule has 100 heavy (non-hydrogen) atoms. The average Bonchev–Trinajstić information content (AvgIpc) is 0.929. The Morgan fingerprint density at radius 3 is 0.760 bits per heavy atom. The second-order valence-corrected chi connectivity index (χ2v) is 32.8. The van der Waals surface area contributed by atoms with Gasteiger partial charge in [0.15, 0.2) is 12.2 Å². The van der Waals surface area contributed by atoms with Gasteiger partial charge in [-0.05, 0) is 37.5 Å². The van der Waals surface area contributed by atoms with Crippen LogP contribution in [0.1, 0.15) is 427 Å². The van der Waals surface area contributed by atoms with E-state index in [9.17, 15) is 43.2 Å². The smallest absolute Gasteiger partial charge is 0.462 e. The van der Waals surface area contributed by atoms with Crippen LogP contribution in [0.25, 0.3) is 0 Å². The number of phosphoric acid groups is 2. The second kappa shape index (κ2) is 72.6. The molecule has 0 heterocycles. The monoisotopic (exact) mass is 1470 g/mol. The molecule has 594 valence electrons. The molecule has 0 spiro atoms. The Balaban J connectivity index is 5.26. The van der Waals surface area contributed by atoms with Crippen molar-refractivity contribution in [3.8, 4) is 0 Å². The number of aliphatic hydroxyl groups is 1. The van der Waals surface area contributed by atoms with Gasteiger partial charge in [-0.1, -0.05) is 375 Å². The molecule has 0 bridgehead atoms. The third-order valence-corrected chi connectivity index (χ3v) is 21.2. The van der Waals surface area contributed by atoms with Crippen molar-refractivity contribution in [3.05, 3.63) is 0 Å². The molecule has 17 nitrogen and oxygen atoms in total. The summed E-state index contributed by atoms with van der Waals surface area (Å²) in [4.78, 5) is 73.1. The van der Waals surface area contributed by atoms with Gasteiger partial charge in [0.1, 0.15) is 19.3 Å². The number of aliphatic hydroxyl groups excluding tert-OH is 1. The Bertz CT molecular complexity index is 1930. The summed E-state index contributed by atoms with van der Waals surface area (Å²) < 4.78 is 68.8. The van der Waals surface area contributed by atoms with E-state index in [1.807, 2.05) is 0 Å². The normalized spacial score (nSPS) is 14.2. The predicted octanol–water partition coefficient (Wildman–Crippen LogP) is 24.3. The molecule has 0 aromatic carbocycles. The summed E-state index contributed by atoms with van der Waals surface area (Å²) in [5.41, 5.74) is 0. The molecule has 0 aliphatic carbocycles. The van der Waals surface area contributed by atoms with Crippen LogP contribution >= 0.6 is 15.6 Å². The molecule has 0 radical (unpaired) electrons. The van der Waals surface area contributed by atoms with Crippen LogP contribution in [0.3, 0.4) is 0 Å². The lowest BCUT2D eigenvalue weighted by molar-refractivity contribution is -0.161. The minimum absolute atomic E-state index is 0.107. The standard InChI is InChI=1S/C81H158O17P2/c1-7-10-12-14-16-18-20-22-23-26-29-33-40-46-52-58-64-79(84)92-69-76(97-80(85)65-59-53-47-41-34-30-27-24-25-28-31-37-43-49-55-61-73(4)5)71-95-99(87,88)93-67-75(82)68-94-100(89,90)96-72-77(70-91-78(83)63-57-51-45-39-32-21-19-17-15-13-11-8-2)98-81(86)66-60-54-48-42-36-35-38-44-50-56-62-74(6)9-3/h73-77,82H,7-72H2,1-6H3,(H,87,88)(H,89,90)/t74?,75-,76-,77-/m1/s1. The molecule has 0 amide bonds. The van der Waals surface area contributed by atoms with Crippen molar-refractivity contribution in [1.82, 2.24) is 0 Å². The Morgan fingerprint density at radius 2 is 0.510 bits per heavy atom. The third-order valence-electron chi connectivity index (χ3n) is 19.3. The molecular weight excluding hydrogens is 1310 g/mol. The molecule has 3 N–H and O–H groups in total. The summed E-state index contributed by atoms with van der Waals surface area (Å²) >= 11 is 0. The molecule has 0 aliphatic heterocycles. The number of esters is 4. The maximum atomic E-state index is 13.1. The fraction of sp³-hybridized carbons (Fsp3) is 0.951. The number of carbonyl (C=O) groups excluding carboxylic acids is 4. The highest BCUT2D eigenvalue weighted by molar-refractivity contribution is 7.47. The van der Waals surface area contributed by atoms with Crippen LogP contribution in [0, 0.1) is 11.8 Å². The third kappa shape index (κ3) is 73.0. The highest BCUT2D eigenvalue weighted by Crippen LogP contribution is 2.45. The molecule has 3 unspecified atom stereocenters. The predicted molar refractivity (Wildman–Crippen MR) is 409 cm³/mol. The van der Waals surface area contributed by atoms with Gasteiger partial charge in [-0.25, -0.2) is 9.13 Å². The summed E-state index contributed by atoms with van der Waals surface area (Å²) in [6, 6.07) is 0. The van der Waals surface area contributed by atoms with Crippen molar-refractivity contribution < 1.29 is 80.2 Å². The Hall–Kier alpha value is -1.94. The molecule has 6 atom stereocenters. The number of hydrogen-bond acceptors (Lipinski definition) is 15. The maximum Gasteiger partial charge on any atom is 0.472 e. The van der Waals surface area contributed by atoms with E-state index in [1.165, 1.54) is 244 Å². The molecule has 0 saturated carbocycles. The minimum Gasteiger partial charge on any atom is -0.462 e. The lowest BCUT2D eigenvalue weighted by Gasteiger charge is -2.21. The van der Waals surface area contributed by atoms with Crippen LogP contribution < -0.4 is 0 Å². The van der Waals surface area contributed by atoms with E-state index in [0.29, 0.717) is 25.7 Å². The topological polar surface area (TPSA) is 237 Å². The first-order valence-electron chi connectivity index (χ1n) is 42.0. The van der Waals surface area contributed by atoms with Crippen LogP contribution in [0.4, 0.5) is 0 Å². The number of ether oxygens (including phenoxy) is 4. The van der Waals surface area contributed by atoms with Crippen LogP contribution in [0.2, 0.25) is 0 Å². The van der Waals surface area contributed by atoms with Gasteiger partial charge >= 0.3 is 39.5 Å². The summed E-state index contributed by atoms with van der Waals surface area (Å²) in [6.07, 6.45) is 62.2. The zero-order valence-electron chi connectivity index (χ0n) is 65.5. The Kier molecular flexibility index (Phi) is 71.2. The first kappa shape index (κ1) is 98.1. The van der Waals surface area contributed by atoms with E-state index in [1.54, 1.807) is 0 Å². The molecule has 0 aliphatic rings. The highest BCUT2D eigenvalue weighted by Gasteiger charge is 2.30. The van der Waals surface area contributed by atoms with Gasteiger partial charge in [-0.3, -0.25) is 37.3 Å². The lowest BCUT2D eigenvalue weighted by atomic mass is 9.99. The molecule has 0 rings (SSSR count). The van der Waals surface area contributed by atoms with E-state index >= 15 is 0 Å². The largest absolute Gasteiger partial charge is 0.472 e. The number of hydrogen-bond donors (Lipinski definition) is 3. The summed E-state index contributed by atoms with van der Waals surface area (Å²) in [5, 5.41) is 10.6. The summed E-state index contributed by atoms with van der Waals surface area (Å²) in [7, 11) is -9.92. The van der Waals surface area contributed by atoms with Crippen LogP contribution in [-0.4, -0.2) is 96.7 Å².